The van der Waals surface area contributed by atoms with Crippen LogP contribution in [0.4, 0.5) is 17.1 Å². The predicted octanol–water partition coefficient (Wildman–Crippen LogP) is 15.2. The summed E-state index contributed by atoms with van der Waals surface area (Å²) >= 11 is 0. The van der Waals surface area contributed by atoms with E-state index in [9.17, 15) is 0 Å². The average Bonchev–Trinajstić information content (AvgIpc) is 3.89. The summed E-state index contributed by atoms with van der Waals surface area (Å²) in [5.74, 6) is 0. The Hall–Kier alpha value is -7.10. The van der Waals surface area contributed by atoms with Gasteiger partial charge in [0.15, 0.2) is 5.58 Å². The predicted molar refractivity (Wildman–Crippen MR) is 234 cm³/mol. The highest BCUT2D eigenvalue weighted by atomic mass is 16.3. The van der Waals surface area contributed by atoms with Gasteiger partial charge in [-0.3, -0.25) is 0 Å². The minimum Gasteiger partial charge on any atom is -0.455 e. The van der Waals surface area contributed by atoms with E-state index in [1.807, 2.05) is 6.07 Å². The third kappa shape index (κ3) is 4.40. The second-order valence-electron chi connectivity index (χ2n) is 15.7. The number of para-hydroxylation sites is 2. The molecular weight excluding hydrogens is 683 g/mol. The molecule has 12 rings (SSSR count). The Morgan fingerprint density at radius 3 is 1.96 bits per heavy atom. The highest BCUT2D eigenvalue weighted by Gasteiger charge is 2.36. The molecule has 0 N–H and O–H groups in total. The van der Waals surface area contributed by atoms with Crippen molar-refractivity contribution in [1.29, 1.82) is 0 Å². The number of nitrogens with zero attached hydrogens (tertiary/aromatic N) is 1. The van der Waals surface area contributed by atoms with Crippen LogP contribution in [-0.2, 0) is 5.41 Å². The van der Waals surface area contributed by atoms with Gasteiger partial charge in [-0.2, -0.15) is 0 Å². The molecule has 0 saturated carbocycles. The van der Waals surface area contributed by atoms with Gasteiger partial charge in [-0.1, -0.05) is 141 Å². The molecule has 264 valence electrons. The van der Waals surface area contributed by atoms with Crippen molar-refractivity contribution in [3.05, 3.63) is 187 Å². The van der Waals surface area contributed by atoms with Crippen LogP contribution in [0.15, 0.2) is 185 Å². The molecule has 0 fully saturated rings. The molecule has 0 aliphatic heterocycles. The zero-order valence-corrected chi connectivity index (χ0v) is 31.0. The molecule has 3 heteroatoms. The van der Waals surface area contributed by atoms with Gasteiger partial charge in [-0.05, 0) is 92.5 Å². The summed E-state index contributed by atoms with van der Waals surface area (Å²) in [6.07, 6.45) is 0. The largest absolute Gasteiger partial charge is 0.455 e. The van der Waals surface area contributed by atoms with Gasteiger partial charge >= 0.3 is 0 Å². The van der Waals surface area contributed by atoms with Gasteiger partial charge < -0.3 is 13.7 Å². The maximum atomic E-state index is 7.15. The van der Waals surface area contributed by atoms with Crippen molar-refractivity contribution < 1.29 is 8.83 Å². The molecule has 9 aromatic carbocycles. The fourth-order valence-electron chi connectivity index (χ4n) is 9.46. The summed E-state index contributed by atoms with van der Waals surface area (Å²) in [7, 11) is 0. The van der Waals surface area contributed by atoms with Gasteiger partial charge in [0, 0.05) is 49.3 Å². The summed E-state index contributed by atoms with van der Waals surface area (Å²) in [4.78, 5) is 2.40. The lowest BCUT2D eigenvalue weighted by Gasteiger charge is -2.29. The van der Waals surface area contributed by atoms with Crippen LogP contribution in [0.2, 0.25) is 0 Å². The van der Waals surface area contributed by atoms with Gasteiger partial charge in [-0.25, -0.2) is 0 Å². The Morgan fingerprint density at radius 1 is 0.393 bits per heavy atom. The lowest BCUT2D eigenvalue weighted by atomic mass is 9.82. The molecule has 3 nitrogen and oxygen atoms in total. The molecule has 1 aliphatic carbocycles. The highest BCUT2D eigenvalue weighted by Crippen LogP contribution is 2.52. The number of hydrogen-bond acceptors (Lipinski definition) is 3. The standard InChI is InChI=1S/C53H35NO2/c1-53(2)46-20-9-7-16-40(46)41-27-25-37(31-47(41)53)54(36-24-22-32-12-3-4-14-34(32)28-36)48-30-35(39-18-11-19-43-42-17-8-10-21-49(42)55-50(39)43)29-45-44-26-23-33-13-5-6-15-38(33)51(44)56-52(45)48/h3-31H,1-2H3. The Balaban J connectivity index is 1.19. The van der Waals surface area contributed by atoms with Crippen molar-refractivity contribution in [2.45, 2.75) is 19.3 Å². The minimum atomic E-state index is -0.163. The maximum absolute atomic E-state index is 7.15. The van der Waals surface area contributed by atoms with Crippen molar-refractivity contribution >= 4 is 82.5 Å². The van der Waals surface area contributed by atoms with E-state index in [1.165, 1.54) is 33.0 Å². The first kappa shape index (κ1) is 31.3. The average molecular weight is 718 g/mol. The Bertz CT molecular complexity index is 3420. The number of anilines is 3. The topological polar surface area (TPSA) is 29.5 Å². The first-order valence-corrected chi connectivity index (χ1v) is 19.3. The third-order valence-corrected chi connectivity index (χ3v) is 12.2. The van der Waals surface area contributed by atoms with Crippen LogP contribution in [0.25, 0.3) is 87.7 Å². The Morgan fingerprint density at radius 2 is 1.05 bits per heavy atom. The zero-order chi connectivity index (χ0) is 37.1. The van der Waals surface area contributed by atoms with E-state index in [4.69, 9.17) is 8.83 Å². The normalized spacial score (nSPS) is 13.3. The van der Waals surface area contributed by atoms with E-state index < -0.39 is 0 Å². The molecule has 0 amide bonds. The molecule has 1 aliphatic rings. The van der Waals surface area contributed by atoms with Crippen LogP contribution in [0, 0.1) is 0 Å². The van der Waals surface area contributed by atoms with Crippen LogP contribution in [0.1, 0.15) is 25.0 Å². The van der Waals surface area contributed by atoms with E-state index in [0.29, 0.717) is 0 Å². The third-order valence-electron chi connectivity index (χ3n) is 12.2. The molecule has 56 heavy (non-hydrogen) atoms. The van der Waals surface area contributed by atoms with Crippen LogP contribution in [0.5, 0.6) is 0 Å². The van der Waals surface area contributed by atoms with Crippen molar-refractivity contribution in [3.8, 4) is 22.3 Å². The monoisotopic (exact) mass is 717 g/mol. The molecule has 0 spiro atoms. The number of hydrogen-bond donors (Lipinski definition) is 0. The van der Waals surface area contributed by atoms with Gasteiger partial charge in [0.05, 0.1) is 5.69 Å². The smallest absolute Gasteiger partial charge is 0.159 e. The number of furan rings is 2. The summed E-state index contributed by atoms with van der Waals surface area (Å²) in [5, 5.41) is 9.00. The fourth-order valence-corrected chi connectivity index (χ4v) is 9.46. The van der Waals surface area contributed by atoms with Crippen LogP contribution >= 0.6 is 0 Å². The lowest BCUT2D eigenvalue weighted by molar-refractivity contribution is 0.660. The number of fused-ring (bicyclic) bond motifs is 12. The van der Waals surface area contributed by atoms with Gasteiger partial charge in [0.1, 0.15) is 16.7 Å². The second-order valence-corrected chi connectivity index (χ2v) is 15.7. The van der Waals surface area contributed by atoms with Crippen molar-refractivity contribution in [2.75, 3.05) is 4.90 Å². The lowest BCUT2D eigenvalue weighted by Crippen LogP contribution is -2.16. The van der Waals surface area contributed by atoms with E-state index in [-0.39, 0.29) is 5.41 Å². The first-order valence-electron chi connectivity index (χ1n) is 19.3. The van der Waals surface area contributed by atoms with E-state index in [1.54, 1.807) is 0 Å². The van der Waals surface area contributed by atoms with Crippen LogP contribution in [0.3, 0.4) is 0 Å². The highest BCUT2D eigenvalue weighted by molar-refractivity contribution is 6.19. The molecular formula is C53H35NO2. The number of rotatable bonds is 4. The SMILES string of the molecule is CC1(C)c2ccccc2-c2ccc(N(c3ccc4ccccc4c3)c3cc(-c4cccc5c4oc4ccccc45)cc4c3oc3c5ccccc5ccc43)cc21. The van der Waals surface area contributed by atoms with Gasteiger partial charge in [-0.15, -0.1) is 0 Å². The number of benzene rings is 9. The molecule has 0 bridgehead atoms. The molecule has 2 heterocycles. The van der Waals surface area contributed by atoms with E-state index in [2.05, 4.69) is 189 Å². The fraction of sp³-hybridized carbons (Fsp3) is 0.0566. The Kier molecular flexibility index (Phi) is 6.40. The summed E-state index contributed by atoms with van der Waals surface area (Å²) in [6, 6.07) is 63.5. The summed E-state index contributed by atoms with van der Waals surface area (Å²) in [6.45, 7) is 4.69. The van der Waals surface area contributed by atoms with Crippen LogP contribution < -0.4 is 4.90 Å². The zero-order valence-electron chi connectivity index (χ0n) is 31.0. The quantitative estimate of drug-likeness (QED) is 0.182. The second kappa shape index (κ2) is 11.5. The van der Waals surface area contributed by atoms with E-state index in [0.717, 1.165) is 82.8 Å². The summed E-state index contributed by atoms with van der Waals surface area (Å²) in [5.41, 5.74) is 13.8. The van der Waals surface area contributed by atoms with Crippen molar-refractivity contribution in [2.24, 2.45) is 0 Å². The molecule has 0 unspecified atom stereocenters. The van der Waals surface area contributed by atoms with E-state index >= 15 is 0 Å². The molecule has 2 aromatic heterocycles. The first-order chi connectivity index (χ1) is 27.5. The summed E-state index contributed by atoms with van der Waals surface area (Å²) < 4.78 is 13.8. The Labute approximate surface area is 323 Å². The molecule has 0 atom stereocenters. The van der Waals surface area contributed by atoms with Gasteiger partial charge in [0.2, 0.25) is 0 Å². The molecule has 0 radical (unpaired) electrons. The van der Waals surface area contributed by atoms with Crippen LogP contribution in [-0.4, -0.2) is 0 Å². The van der Waals surface area contributed by atoms with Crippen molar-refractivity contribution in [3.63, 3.8) is 0 Å². The maximum Gasteiger partial charge on any atom is 0.159 e. The molecule has 11 aromatic rings. The molecule has 0 saturated heterocycles. The minimum absolute atomic E-state index is 0.163. The van der Waals surface area contributed by atoms with Gasteiger partial charge in [0.25, 0.3) is 0 Å². The van der Waals surface area contributed by atoms with Crippen molar-refractivity contribution in [1.82, 2.24) is 0 Å².